The fourth-order valence-electron chi connectivity index (χ4n) is 1.94. The van der Waals surface area contributed by atoms with E-state index >= 15 is 0 Å². The van der Waals surface area contributed by atoms with Gasteiger partial charge in [0, 0.05) is 11.8 Å². The minimum atomic E-state index is -0.551. The Balaban J connectivity index is 2.33. The zero-order valence-electron chi connectivity index (χ0n) is 12.6. The molecule has 0 fully saturated rings. The number of esters is 1. The lowest BCUT2D eigenvalue weighted by atomic mass is 10.2. The highest BCUT2D eigenvalue weighted by Crippen LogP contribution is 2.38. The average molecular weight is 303 g/mol. The summed E-state index contributed by atoms with van der Waals surface area (Å²) in [6.45, 7) is 0. The Labute approximate surface area is 128 Å². The first-order valence-corrected chi connectivity index (χ1v) is 6.46. The van der Waals surface area contributed by atoms with Crippen molar-refractivity contribution in [1.82, 2.24) is 0 Å². The smallest absolute Gasteiger partial charge is 0.343 e. The Hall–Kier alpha value is -2.89. The summed E-state index contributed by atoms with van der Waals surface area (Å²) < 4.78 is 20.9. The summed E-state index contributed by atoms with van der Waals surface area (Å²) in [5.74, 6) is 0.969. The Morgan fingerprint density at radius 1 is 0.955 bits per heavy atom. The molecule has 2 rings (SSSR count). The van der Waals surface area contributed by atoms with Gasteiger partial charge in [-0.25, -0.2) is 4.79 Å². The van der Waals surface area contributed by atoms with Crippen LogP contribution in [0.1, 0.15) is 10.4 Å². The maximum absolute atomic E-state index is 12.2. The number of hydrogen-bond acceptors (Lipinski definition) is 6. The summed E-state index contributed by atoms with van der Waals surface area (Å²) in [7, 11) is 4.44. The first-order valence-electron chi connectivity index (χ1n) is 6.46. The first-order chi connectivity index (χ1) is 10.6. The minimum absolute atomic E-state index is 0.275. The van der Waals surface area contributed by atoms with Crippen LogP contribution in [-0.4, -0.2) is 27.3 Å². The van der Waals surface area contributed by atoms with Crippen LogP contribution in [-0.2, 0) is 0 Å². The molecule has 6 heteroatoms. The Morgan fingerprint density at radius 3 is 2.09 bits per heavy atom. The quantitative estimate of drug-likeness (QED) is 0.519. The average Bonchev–Trinajstić information content (AvgIpc) is 2.53. The third-order valence-electron chi connectivity index (χ3n) is 2.97. The minimum Gasteiger partial charge on any atom is -0.493 e. The molecule has 2 N–H and O–H groups in total. The first kappa shape index (κ1) is 15.5. The van der Waals surface area contributed by atoms with Crippen molar-refractivity contribution >= 4 is 11.7 Å². The lowest BCUT2D eigenvalue weighted by Gasteiger charge is -2.13. The van der Waals surface area contributed by atoms with Gasteiger partial charge in [0.05, 0.1) is 26.9 Å². The zero-order valence-corrected chi connectivity index (χ0v) is 12.6. The zero-order chi connectivity index (χ0) is 16.1. The SMILES string of the molecule is COc1cc(C(=O)Oc2cccc(N)c2)cc(OC)c1OC. The number of ether oxygens (including phenoxy) is 4. The van der Waals surface area contributed by atoms with Gasteiger partial charge in [-0.05, 0) is 24.3 Å². The number of nitrogen functional groups attached to an aromatic ring is 1. The van der Waals surface area contributed by atoms with Gasteiger partial charge >= 0.3 is 5.97 Å². The second kappa shape index (κ2) is 6.71. The molecule has 0 aliphatic rings. The Morgan fingerprint density at radius 2 is 1.59 bits per heavy atom. The maximum Gasteiger partial charge on any atom is 0.343 e. The van der Waals surface area contributed by atoms with Crippen LogP contribution in [0.15, 0.2) is 36.4 Å². The van der Waals surface area contributed by atoms with Crippen LogP contribution >= 0.6 is 0 Å². The summed E-state index contributed by atoms with van der Waals surface area (Å²) in [4.78, 5) is 12.2. The number of anilines is 1. The summed E-state index contributed by atoms with van der Waals surface area (Å²) in [6.07, 6.45) is 0. The highest BCUT2D eigenvalue weighted by atomic mass is 16.5. The van der Waals surface area contributed by atoms with E-state index in [2.05, 4.69) is 0 Å². The fraction of sp³-hybridized carbons (Fsp3) is 0.188. The highest BCUT2D eigenvalue weighted by molar-refractivity contribution is 5.92. The van der Waals surface area contributed by atoms with Crippen molar-refractivity contribution in [1.29, 1.82) is 0 Å². The van der Waals surface area contributed by atoms with Gasteiger partial charge in [-0.1, -0.05) is 6.07 Å². The largest absolute Gasteiger partial charge is 0.493 e. The monoisotopic (exact) mass is 303 g/mol. The van der Waals surface area contributed by atoms with Crippen LogP contribution in [0.25, 0.3) is 0 Å². The molecule has 0 saturated carbocycles. The van der Waals surface area contributed by atoms with Gasteiger partial charge in [-0.15, -0.1) is 0 Å². The van der Waals surface area contributed by atoms with E-state index in [0.717, 1.165) is 0 Å². The topological polar surface area (TPSA) is 80.0 Å². The fourth-order valence-corrected chi connectivity index (χ4v) is 1.94. The second-order valence-electron chi connectivity index (χ2n) is 4.38. The normalized spacial score (nSPS) is 9.95. The van der Waals surface area contributed by atoms with Crippen LogP contribution in [0.3, 0.4) is 0 Å². The molecule has 0 bridgehead atoms. The van der Waals surface area contributed by atoms with Gasteiger partial charge in [0.1, 0.15) is 5.75 Å². The van der Waals surface area contributed by atoms with Gasteiger partial charge < -0.3 is 24.7 Å². The molecule has 0 aliphatic carbocycles. The molecule has 2 aromatic carbocycles. The van der Waals surface area contributed by atoms with Crippen molar-refractivity contribution in [2.45, 2.75) is 0 Å². The van der Waals surface area contributed by atoms with Crippen LogP contribution in [0, 0.1) is 0 Å². The molecule has 0 aromatic heterocycles. The van der Waals surface area contributed by atoms with Crippen molar-refractivity contribution < 1.29 is 23.7 Å². The maximum atomic E-state index is 12.2. The number of hydrogen-bond donors (Lipinski definition) is 1. The van der Waals surface area contributed by atoms with Gasteiger partial charge in [-0.2, -0.15) is 0 Å². The lowest BCUT2D eigenvalue weighted by Crippen LogP contribution is -2.09. The van der Waals surface area contributed by atoms with Crippen molar-refractivity contribution in [3.63, 3.8) is 0 Å². The van der Waals surface area contributed by atoms with Crippen LogP contribution in [0.5, 0.6) is 23.0 Å². The van der Waals surface area contributed by atoms with Crippen LogP contribution < -0.4 is 24.7 Å². The van der Waals surface area contributed by atoms with E-state index in [1.807, 2.05) is 0 Å². The number of carbonyl (C=O) groups excluding carboxylic acids is 1. The van der Waals surface area contributed by atoms with Gasteiger partial charge in [0.25, 0.3) is 0 Å². The third-order valence-corrected chi connectivity index (χ3v) is 2.97. The Bertz CT molecular complexity index is 659. The second-order valence-corrected chi connectivity index (χ2v) is 4.38. The molecule has 6 nitrogen and oxygen atoms in total. The van der Waals surface area contributed by atoms with E-state index in [-0.39, 0.29) is 5.56 Å². The summed E-state index contributed by atoms with van der Waals surface area (Å²) in [5.41, 5.74) is 6.44. The predicted octanol–water partition coefficient (Wildman–Crippen LogP) is 2.51. The molecule has 22 heavy (non-hydrogen) atoms. The molecular weight excluding hydrogens is 286 g/mol. The van der Waals surface area contributed by atoms with E-state index in [1.54, 1.807) is 24.3 Å². The van der Waals surface area contributed by atoms with Crippen LogP contribution in [0.2, 0.25) is 0 Å². The van der Waals surface area contributed by atoms with Gasteiger partial charge in [0.2, 0.25) is 5.75 Å². The van der Waals surface area contributed by atoms with Crippen LogP contribution in [0.4, 0.5) is 5.69 Å². The molecule has 0 heterocycles. The molecule has 0 unspecified atom stereocenters. The number of carbonyl (C=O) groups is 1. The molecule has 0 spiro atoms. The summed E-state index contributed by atoms with van der Waals surface area (Å²) in [6, 6.07) is 9.66. The molecule has 0 amide bonds. The van der Waals surface area contributed by atoms with Gasteiger partial charge in [-0.3, -0.25) is 0 Å². The van der Waals surface area contributed by atoms with Gasteiger partial charge in [0.15, 0.2) is 11.5 Å². The van der Waals surface area contributed by atoms with E-state index in [9.17, 15) is 4.79 Å². The predicted molar refractivity (Wildman–Crippen MR) is 81.9 cm³/mol. The summed E-state index contributed by atoms with van der Waals surface area (Å²) >= 11 is 0. The number of benzene rings is 2. The summed E-state index contributed by atoms with van der Waals surface area (Å²) in [5, 5.41) is 0. The highest BCUT2D eigenvalue weighted by Gasteiger charge is 2.18. The molecule has 0 aliphatic heterocycles. The lowest BCUT2D eigenvalue weighted by molar-refractivity contribution is 0.0734. The molecule has 116 valence electrons. The van der Waals surface area contributed by atoms with Crippen molar-refractivity contribution in [2.24, 2.45) is 0 Å². The number of methoxy groups -OCH3 is 3. The van der Waals surface area contributed by atoms with Crippen molar-refractivity contribution in [3.05, 3.63) is 42.0 Å². The van der Waals surface area contributed by atoms with Crippen molar-refractivity contribution in [3.8, 4) is 23.0 Å². The van der Waals surface area contributed by atoms with E-state index in [1.165, 1.54) is 33.5 Å². The molecule has 2 aromatic rings. The Kier molecular flexibility index (Phi) is 4.73. The molecule has 0 atom stereocenters. The standard InChI is InChI=1S/C16H17NO5/c1-19-13-7-10(8-14(20-2)15(13)21-3)16(18)22-12-6-4-5-11(17)9-12/h4-9H,17H2,1-3H3. The molecular formula is C16H17NO5. The van der Waals surface area contributed by atoms with E-state index < -0.39 is 5.97 Å². The molecule has 0 saturated heterocycles. The van der Waals surface area contributed by atoms with E-state index in [4.69, 9.17) is 24.7 Å². The van der Waals surface area contributed by atoms with Crippen molar-refractivity contribution in [2.75, 3.05) is 27.1 Å². The van der Waals surface area contributed by atoms with E-state index in [0.29, 0.717) is 28.7 Å². The number of rotatable bonds is 5. The third kappa shape index (κ3) is 3.22. The molecule has 0 radical (unpaired) electrons. The number of nitrogens with two attached hydrogens (primary N) is 1.